The predicted molar refractivity (Wildman–Crippen MR) is 155 cm³/mol. The normalized spacial score (nSPS) is 15.8. The summed E-state index contributed by atoms with van der Waals surface area (Å²) in [5.41, 5.74) is 4.85. The Bertz CT molecular complexity index is 1320. The van der Waals surface area contributed by atoms with E-state index < -0.39 is 38.3 Å². The third kappa shape index (κ3) is 7.97. The van der Waals surface area contributed by atoms with E-state index in [0.717, 1.165) is 7.11 Å². The number of nitrogens with one attached hydrogen (secondary N) is 1. The van der Waals surface area contributed by atoms with Gasteiger partial charge in [0.05, 0.1) is 18.2 Å². The van der Waals surface area contributed by atoms with Crippen molar-refractivity contribution in [3.8, 4) is 11.5 Å². The summed E-state index contributed by atoms with van der Waals surface area (Å²) in [4.78, 5) is 44.4. The van der Waals surface area contributed by atoms with Crippen LogP contribution in [0.5, 0.6) is 11.5 Å². The fourth-order valence-corrected chi connectivity index (χ4v) is 6.70. The first-order valence-corrected chi connectivity index (χ1v) is 15.3. The van der Waals surface area contributed by atoms with Crippen LogP contribution >= 0.6 is 0 Å². The molecule has 2 amide bonds. The third-order valence-electron chi connectivity index (χ3n) is 6.89. The van der Waals surface area contributed by atoms with Gasteiger partial charge in [-0.2, -0.15) is 0 Å². The Morgan fingerprint density at radius 2 is 1.74 bits per heavy atom. The zero-order valence-corrected chi connectivity index (χ0v) is 25.3. The number of nitrogens with zero attached hydrogens (tertiary/aromatic N) is 2. The summed E-state index contributed by atoms with van der Waals surface area (Å²) < 4.78 is 41.9. The molecule has 1 saturated heterocycles. The van der Waals surface area contributed by atoms with E-state index >= 15 is 0 Å². The number of alkyl carbamates (subject to hydrolysis) is 1. The van der Waals surface area contributed by atoms with Crippen LogP contribution in [0, 0.1) is 0 Å². The SMILES string of the molecule is COC(=O)C1(S(=O)(=O)c2ccc(Oc3cccnc3)cc2)CCN(C(=O)[C@H](CCCCN)NC(=O)OC(C)(C)C)CC1. The number of hydrogen-bond acceptors (Lipinski definition) is 10. The standard InChI is InChI=1S/C29H40N4O8S/c1-28(2,3)41-27(36)32-24(9-5-6-16-30)25(34)33-18-14-29(15-19-33,26(35)39-4)42(37,38)23-12-10-21(11-13-23)40-22-8-7-17-31-20-22/h7-8,10-13,17,20,24H,5-6,9,14-16,18-19,30H2,1-4H3,(H,32,36)/t24-/m0/s1. The van der Waals surface area contributed by atoms with Gasteiger partial charge in [0.2, 0.25) is 5.91 Å². The van der Waals surface area contributed by atoms with Crippen LogP contribution in [0.4, 0.5) is 4.79 Å². The molecule has 0 spiro atoms. The molecular weight excluding hydrogens is 564 g/mol. The number of sulfone groups is 1. The van der Waals surface area contributed by atoms with Crippen molar-refractivity contribution in [3.63, 3.8) is 0 Å². The summed E-state index contributed by atoms with van der Waals surface area (Å²) in [6, 6.07) is 8.28. The molecule has 1 aliphatic rings. The number of methoxy groups -OCH3 is 1. The van der Waals surface area contributed by atoms with Crippen molar-refractivity contribution >= 4 is 27.8 Å². The highest BCUT2D eigenvalue weighted by Gasteiger charge is 2.54. The van der Waals surface area contributed by atoms with Crippen molar-refractivity contribution in [2.24, 2.45) is 5.73 Å². The molecule has 230 valence electrons. The number of ether oxygens (including phenoxy) is 3. The van der Waals surface area contributed by atoms with Crippen molar-refractivity contribution < 1.29 is 37.0 Å². The molecule has 3 N–H and O–H groups in total. The highest BCUT2D eigenvalue weighted by Crippen LogP contribution is 2.38. The minimum Gasteiger partial charge on any atom is -0.468 e. The summed E-state index contributed by atoms with van der Waals surface area (Å²) in [7, 11) is -3.10. The number of amides is 2. The van der Waals surface area contributed by atoms with Crippen molar-refractivity contribution in [3.05, 3.63) is 48.8 Å². The van der Waals surface area contributed by atoms with E-state index in [1.807, 2.05) is 0 Å². The zero-order valence-electron chi connectivity index (χ0n) is 24.5. The first kappa shape index (κ1) is 32.8. The van der Waals surface area contributed by atoms with Crippen molar-refractivity contribution in [2.75, 3.05) is 26.7 Å². The van der Waals surface area contributed by atoms with Crippen molar-refractivity contribution in [2.45, 2.75) is 74.2 Å². The molecule has 1 aromatic heterocycles. The molecule has 2 aromatic rings. The number of hydrogen-bond donors (Lipinski definition) is 2. The average molecular weight is 605 g/mol. The zero-order chi connectivity index (χ0) is 31.0. The fraction of sp³-hybridized carbons (Fsp3) is 0.517. The van der Waals surface area contributed by atoms with Gasteiger partial charge in [-0.25, -0.2) is 13.2 Å². The Morgan fingerprint density at radius 3 is 2.29 bits per heavy atom. The molecule has 12 nitrogen and oxygen atoms in total. The second kappa shape index (κ2) is 14.0. The molecule has 3 rings (SSSR count). The van der Waals surface area contributed by atoms with Gasteiger partial charge in [-0.1, -0.05) is 0 Å². The lowest BCUT2D eigenvalue weighted by atomic mass is 9.94. The Labute approximate surface area is 246 Å². The maximum atomic E-state index is 13.9. The second-order valence-electron chi connectivity index (χ2n) is 11.1. The Kier molecular flexibility index (Phi) is 10.9. The molecule has 42 heavy (non-hydrogen) atoms. The number of carbonyl (C=O) groups excluding carboxylic acids is 3. The molecule has 0 unspecified atom stereocenters. The second-order valence-corrected chi connectivity index (χ2v) is 13.3. The molecule has 1 atom stereocenters. The van der Waals surface area contributed by atoms with E-state index in [0.29, 0.717) is 37.3 Å². The van der Waals surface area contributed by atoms with E-state index in [-0.39, 0.29) is 36.7 Å². The fourth-order valence-electron chi connectivity index (χ4n) is 4.73. The van der Waals surface area contributed by atoms with Crippen molar-refractivity contribution in [1.82, 2.24) is 15.2 Å². The molecular formula is C29H40N4O8S. The van der Waals surface area contributed by atoms with Gasteiger partial charge >= 0.3 is 12.1 Å². The highest BCUT2D eigenvalue weighted by molar-refractivity contribution is 7.93. The lowest BCUT2D eigenvalue weighted by Gasteiger charge is -2.40. The molecule has 1 aromatic carbocycles. The number of nitrogens with two attached hydrogens (primary N) is 1. The van der Waals surface area contributed by atoms with Crippen LogP contribution < -0.4 is 15.8 Å². The number of rotatable bonds is 11. The first-order chi connectivity index (χ1) is 19.8. The van der Waals surface area contributed by atoms with Gasteiger partial charge in [0.25, 0.3) is 0 Å². The summed E-state index contributed by atoms with van der Waals surface area (Å²) >= 11 is 0. The molecule has 0 aliphatic carbocycles. The number of esters is 1. The van der Waals surface area contributed by atoms with Gasteiger partial charge in [0.15, 0.2) is 14.6 Å². The minimum absolute atomic E-state index is 0.0290. The maximum absolute atomic E-state index is 13.9. The number of piperidine rings is 1. The van der Waals surface area contributed by atoms with Crippen LogP contribution in [0.15, 0.2) is 53.7 Å². The maximum Gasteiger partial charge on any atom is 0.408 e. The number of aromatic nitrogens is 1. The lowest BCUT2D eigenvalue weighted by Crippen LogP contribution is -2.58. The van der Waals surface area contributed by atoms with E-state index in [9.17, 15) is 22.8 Å². The number of likely N-dealkylation sites (tertiary alicyclic amines) is 1. The first-order valence-electron chi connectivity index (χ1n) is 13.8. The van der Waals surface area contributed by atoms with Gasteiger partial charge in [0, 0.05) is 19.3 Å². The van der Waals surface area contributed by atoms with Crippen molar-refractivity contribution in [1.29, 1.82) is 0 Å². The summed E-state index contributed by atoms with van der Waals surface area (Å²) in [6.07, 6.45) is 3.64. The highest BCUT2D eigenvalue weighted by atomic mass is 32.2. The number of pyridine rings is 1. The Balaban J connectivity index is 1.78. The van der Waals surface area contributed by atoms with Crippen LogP contribution in [0.2, 0.25) is 0 Å². The van der Waals surface area contributed by atoms with Crippen LogP contribution in [-0.4, -0.2) is 79.4 Å². The van der Waals surface area contributed by atoms with Gasteiger partial charge in [-0.05, 0) is 95.8 Å². The topological polar surface area (TPSA) is 167 Å². The number of carbonyl (C=O) groups is 3. The molecule has 1 aliphatic heterocycles. The lowest BCUT2D eigenvalue weighted by molar-refractivity contribution is -0.147. The quantitative estimate of drug-likeness (QED) is 0.287. The predicted octanol–water partition coefficient (Wildman–Crippen LogP) is 3.20. The minimum atomic E-state index is -4.23. The third-order valence-corrected chi connectivity index (χ3v) is 9.39. The Morgan fingerprint density at radius 1 is 1.07 bits per heavy atom. The van der Waals surface area contributed by atoms with Gasteiger partial charge in [-0.15, -0.1) is 0 Å². The van der Waals surface area contributed by atoms with Crippen LogP contribution in [0.3, 0.4) is 0 Å². The summed E-state index contributed by atoms with van der Waals surface area (Å²) in [5.74, 6) is -0.395. The number of unbranched alkanes of at least 4 members (excludes halogenated alkanes) is 1. The summed E-state index contributed by atoms with van der Waals surface area (Å²) in [5, 5.41) is 2.64. The van der Waals surface area contributed by atoms with Gasteiger partial charge in [0.1, 0.15) is 23.1 Å². The number of benzene rings is 1. The summed E-state index contributed by atoms with van der Waals surface area (Å²) in [6.45, 7) is 5.54. The largest absolute Gasteiger partial charge is 0.468 e. The van der Waals surface area contributed by atoms with E-state index in [1.54, 1.807) is 39.1 Å². The van der Waals surface area contributed by atoms with Gasteiger partial charge in [-0.3, -0.25) is 14.6 Å². The average Bonchev–Trinajstić information content (AvgIpc) is 2.95. The van der Waals surface area contributed by atoms with E-state index in [4.69, 9.17) is 19.9 Å². The molecule has 1 fully saturated rings. The monoisotopic (exact) mass is 604 g/mol. The van der Waals surface area contributed by atoms with Gasteiger partial charge < -0.3 is 30.2 Å². The molecule has 2 heterocycles. The van der Waals surface area contributed by atoms with E-state index in [1.165, 1.54) is 35.4 Å². The van der Waals surface area contributed by atoms with Crippen LogP contribution in [0.25, 0.3) is 0 Å². The van der Waals surface area contributed by atoms with Crippen LogP contribution in [0.1, 0.15) is 52.9 Å². The molecule has 0 radical (unpaired) electrons. The molecule has 13 heteroatoms. The molecule has 0 bridgehead atoms. The van der Waals surface area contributed by atoms with E-state index in [2.05, 4.69) is 10.3 Å². The van der Waals surface area contributed by atoms with Crippen LogP contribution in [-0.2, 0) is 28.9 Å². The Hall–Kier alpha value is -3.71. The smallest absolute Gasteiger partial charge is 0.408 e. The molecule has 0 saturated carbocycles.